The zero-order valence-electron chi connectivity index (χ0n) is 19.2. The summed E-state index contributed by atoms with van der Waals surface area (Å²) in [6.07, 6.45) is 3.59. The summed E-state index contributed by atoms with van der Waals surface area (Å²) in [5.41, 5.74) is 6.30. The molecule has 1 aliphatic carbocycles. The van der Waals surface area contributed by atoms with Gasteiger partial charge in [-0.1, -0.05) is 63.7 Å². The fourth-order valence-electron chi connectivity index (χ4n) is 4.95. The molecule has 0 spiro atoms. The summed E-state index contributed by atoms with van der Waals surface area (Å²) in [5, 5.41) is 10.2. The number of aromatic hydroxyl groups is 1. The summed E-state index contributed by atoms with van der Waals surface area (Å²) in [4.78, 5) is 19.6. The van der Waals surface area contributed by atoms with E-state index in [1.165, 1.54) is 29.6 Å². The van der Waals surface area contributed by atoms with Crippen LogP contribution in [-0.4, -0.2) is 16.8 Å². The summed E-state index contributed by atoms with van der Waals surface area (Å²) >= 11 is 8.28. The Morgan fingerprint density at radius 1 is 1.11 bits per heavy atom. The minimum absolute atomic E-state index is 0.0256. The number of aryl methyl sites for hydroxylation is 1. The number of phenolic OH excluding ortho intramolecular Hbond substituents is 1. The zero-order valence-corrected chi connectivity index (χ0v) is 23.2. The highest BCUT2D eigenvalue weighted by Gasteiger charge is 2.32. The van der Waals surface area contributed by atoms with Gasteiger partial charge in [0.25, 0.3) is 5.56 Å². The fraction of sp³-hybridized carbons (Fsp3) is 0.143. The smallest absolute Gasteiger partial charge is 0.271 e. The molecule has 1 aromatic heterocycles. The number of nitrogens with zero attached hydrogens (tertiary/aromatic N) is 2. The van der Waals surface area contributed by atoms with E-state index in [-0.39, 0.29) is 17.4 Å². The molecule has 4 aromatic rings. The SMILES string of the molecule is COc1cc(C=c2sc3n(c2=O)C(c2ccc(Br)cc2)C2=C(N=3)c3ccccc3CC2)cc(Br)c1O. The number of halogens is 2. The fourth-order valence-corrected chi connectivity index (χ4v) is 6.68. The van der Waals surface area contributed by atoms with E-state index in [1.54, 1.807) is 12.1 Å². The third-order valence-electron chi connectivity index (χ3n) is 6.63. The second-order valence-corrected chi connectivity index (χ2v) is 11.5. The molecular formula is C28H20Br2N2O3S. The average molecular weight is 624 g/mol. The Morgan fingerprint density at radius 3 is 2.67 bits per heavy atom. The van der Waals surface area contributed by atoms with Gasteiger partial charge in [-0.2, -0.15) is 0 Å². The molecule has 36 heavy (non-hydrogen) atoms. The van der Waals surface area contributed by atoms with Crippen molar-refractivity contribution < 1.29 is 9.84 Å². The Kier molecular flexibility index (Phi) is 5.98. The van der Waals surface area contributed by atoms with E-state index in [9.17, 15) is 9.90 Å². The van der Waals surface area contributed by atoms with Crippen LogP contribution in [0.4, 0.5) is 0 Å². The van der Waals surface area contributed by atoms with Gasteiger partial charge in [-0.05, 0) is 81.4 Å². The van der Waals surface area contributed by atoms with Gasteiger partial charge in [-0.25, -0.2) is 4.99 Å². The summed E-state index contributed by atoms with van der Waals surface area (Å²) in [6, 6.07) is 19.8. The van der Waals surface area contributed by atoms with E-state index < -0.39 is 0 Å². The third kappa shape index (κ3) is 3.88. The molecule has 0 saturated carbocycles. The number of aromatic nitrogens is 1. The van der Waals surface area contributed by atoms with E-state index in [4.69, 9.17) is 9.73 Å². The molecule has 1 aliphatic heterocycles. The molecule has 1 atom stereocenters. The van der Waals surface area contributed by atoms with E-state index in [0.29, 0.717) is 19.6 Å². The van der Waals surface area contributed by atoms with Crippen LogP contribution in [0.5, 0.6) is 11.5 Å². The summed E-state index contributed by atoms with van der Waals surface area (Å²) in [6.45, 7) is 0. The van der Waals surface area contributed by atoms with E-state index in [2.05, 4.69) is 62.2 Å². The number of methoxy groups -OCH3 is 1. The molecule has 5 nitrogen and oxygen atoms in total. The summed E-state index contributed by atoms with van der Waals surface area (Å²) in [7, 11) is 1.50. The predicted octanol–water partition coefficient (Wildman–Crippen LogP) is 5.56. The van der Waals surface area contributed by atoms with Crippen LogP contribution in [0.1, 0.15) is 34.7 Å². The van der Waals surface area contributed by atoms with Gasteiger partial charge in [0.15, 0.2) is 16.3 Å². The average Bonchev–Trinajstić information content (AvgIpc) is 3.19. The van der Waals surface area contributed by atoms with Gasteiger partial charge < -0.3 is 9.84 Å². The molecule has 0 amide bonds. The first-order valence-corrected chi connectivity index (χ1v) is 13.8. The van der Waals surface area contributed by atoms with Crippen LogP contribution in [0.2, 0.25) is 0 Å². The van der Waals surface area contributed by atoms with Crippen molar-refractivity contribution in [1.29, 1.82) is 0 Å². The Morgan fingerprint density at radius 2 is 1.89 bits per heavy atom. The van der Waals surface area contributed by atoms with Crippen molar-refractivity contribution in [2.24, 2.45) is 4.99 Å². The quantitative estimate of drug-likeness (QED) is 0.325. The van der Waals surface area contributed by atoms with Crippen LogP contribution >= 0.6 is 43.2 Å². The van der Waals surface area contributed by atoms with Crippen molar-refractivity contribution in [3.63, 3.8) is 0 Å². The number of thiazole rings is 1. The Labute approximate surface area is 228 Å². The van der Waals surface area contributed by atoms with Crippen LogP contribution < -0.4 is 19.6 Å². The molecule has 2 heterocycles. The first kappa shape index (κ1) is 23.5. The summed E-state index contributed by atoms with van der Waals surface area (Å²) < 4.78 is 9.19. The highest BCUT2D eigenvalue weighted by molar-refractivity contribution is 9.10. The molecule has 2 aliphatic rings. The molecule has 6 rings (SSSR count). The molecule has 180 valence electrons. The van der Waals surface area contributed by atoms with E-state index >= 15 is 0 Å². The maximum absolute atomic E-state index is 13.9. The first-order chi connectivity index (χ1) is 17.4. The van der Waals surface area contributed by atoms with Gasteiger partial charge >= 0.3 is 0 Å². The van der Waals surface area contributed by atoms with Crippen molar-refractivity contribution in [1.82, 2.24) is 4.57 Å². The Balaban J connectivity index is 1.61. The van der Waals surface area contributed by atoms with Crippen molar-refractivity contribution >= 4 is 55.0 Å². The van der Waals surface area contributed by atoms with Crippen LogP contribution in [-0.2, 0) is 6.42 Å². The van der Waals surface area contributed by atoms with Crippen LogP contribution in [0.3, 0.4) is 0 Å². The second-order valence-electron chi connectivity index (χ2n) is 8.72. The second kappa shape index (κ2) is 9.18. The lowest BCUT2D eigenvalue weighted by Crippen LogP contribution is -2.38. The van der Waals surface area contributed by atoms with Crippen LogP contribution in [0, 0.1) is 0 Å². The number of hydrogen-bond acceptors (Lipinski definition) is 5. The molecule has 1 N–H and O–H groups in total. The van der Waals surface area contributed by atoms with Crippen molar-refractivity contribution in [3.8, 4) is 11.5 Å². The minimum Gasteiger partial charge on any atom is -0.503 e. The number of benzene rings is 3. The highest BCUT2D eigenvalue weighted by Crippen LogP contribution is 2.41. The number of rotatable bonds is 3. The van der Waals surface area contributed by atoms with Gasteiger partial charge in [-0.3, -0.25) is 9.36 Å². The first-order valence-electron chi connectivity index (χ1n) is 11.4. The van der Waals surface area contributed by atoms with Gasteiger partial charge in [0.1, 0.15) is 0 Å². The largest absolute Gasteiger partial charge is 0.503 e. The third-order valence-corrected chi connectivity index (χ3v) is 8.74. The zero-order chi connectivity index (χ0) is 25.0. The monoisotopic (exact) mass is 622 g/mol. The molecule has 0 radical (unpaired) electrons. The van der Waals surface area contributed by atoms with Crippen molar-refractivity contribution in [3.05, 3.63) is 117 Å². The van der Waals surface area contributed by atoms with Crippen LogP contribution in [0.15, 0.2) is 85.0 Å². The minimum atomic E-state index is -0.221. The predicted molar refractivity (Wildman–Crippen MR) is 149 cm³/mol. The maximum atomic E-state index is 13.9. The number of hydrogen-bond donors (Lipinski definition) is 1. The topological polar surface area (TPSA) is 63.8 Å². The standard InChI is InChI=1S/C28H20Br2N2O3S/c1-35-22-13-15(12-21(30)26(22)33)14-23-27(34)32-25(17-6-9-18(29)10-7-17)20-11-8-16-4-2-3-5-19(16)24(20)31-28(32)36-23/h2-7,9-10,12-14,25,33H,8,11H2,1H3. The number of allylic oxidation sites excluding steroid dienone is 1. The molecular weight excluding hydrogens is 604 g/mol. The Hall–Kier alpha value is -2.94. The molecule has 0 fully saturated rings. The lowest BCUT2D eigenvalue weighted by molar-refractivity contribution is 0.372. The van der Waals surface area contributed by atoms with Gasteiger partial charge in [0.2, 0.25) is 0 Å². The number of phenols is 1. The molecule has 0 bridgehead atoms. The van der Waals surface area contributed by atoms with E-state index in [0.717, 1.165) is 39.7 Å². The lowest BCUT2D eigenvalue weighted by atomic mass is 9.83. The van der Waals surface area contributed by atoms with Gasteiger partial charge in [0, 0.05) is 10.0 Å². The maximum Gasteiger partial charge on any atom is 0.271 e. The normalized spacial score (nSPS) is 16.8. The summed E-state index contributed by atoms with van der Waals surface area (Å²) in [5.74, 6) is 0.362. The molecule has 0 saturated heterocycles. The van der Waals surface area contributed by atoms with Crippen molar-refractivity contribution in [2.75, 3.05) is 7.11 Å². The number of ether oxygens (including phenoxy) is 1. The molecule has 3 aromatic carbocycles. The van der Waals surface area contributed by atoms with Crippen molar-refractivity contribution in [2.45, 2.75) is 18.9 Å². The van der Waals surface area contributed by atoms with Gasteiger partial charge in [-0.15, -0.1) is 0 Å². The molecule has 8 heteroatoms. The Bertz CT molecular complexity index is 1740. The van der Waals surface area contributed by atoms with E-state index in [1.807, 2.05) is 28.8 Å². The number of fused-ring (bicyclic) bond motifs is 3. The van der Waals surface area contributed by atoms with Gasteiger partial charge in [0.05, 0.1) is 27.9 Å². The van der Waals surface area contributed by atoms with Crippen LogP contribution in [0.25, 0.3) is 11.8 Å². The molecule has 1 unspecified atom stereocenters. The highest BCUT2D eigenvalue weighted by atomic mass is 79.9. The lowest BCUT2D eigenvalue weighted by Gasteiger charge is -2.30.